The molecule has 2 rings (SSSR count). The lowest BCUT2D eigenvalue weighted by Gasteiger charge is -2.03. The Morgan fingerprint density at radius 2 is 2.38 bits per heavy atom. The van der Waals surface area contributed by atoms with Gasteiger partial charge in [-0.15, -0.1) is 0 Å². The Labute approximate surface area is 94.3 Å². The number of carbonyl (C=O) groups excluding carboxylic acids is 1. The molecule has 0 bridgehead atoms. The van der Waals surface area contributed by atoms with Gasteiger partial charge < -0.3 is 0 Å². The van der Waals surface area contributed by atoms with Gasteiger partial charge in [0.15, 0.2) is 0 Å². The van der Waals surface area contributed by atoms with E-state index in [-0.39, 0.29) is 5.91 Å². The summed E-state index contributed by atoms with van der Waals surface area (Å²) in [7, 11) is 0. The van der Waals surface area contributed by atoms with Gasteiger partial charge in [-0.1, -0.05) is 19.4 Å². The topological polar surface area (TPSA) is 46.4 Å². The first-order valence-electron chi connectivity index (χ1n) is 5.53. The van der Waals surface area contributed by atoms with Crippen LogP contribution in [-0.4, -0.2) is 15.3 Å². The SMILES string of the molecule is CCCCC(=O)Nc1ncc2ccccn12. The summed E-state index contributed by atoms with van der Waals surface area (Å²) < 4.78 is 1.86. The van der Waals surface area contributed by atoms with E-state index in [1.165, 1.54) is 0 Å². The lowest BCUT2D eigenvalue weighted by Crippen LogP contribution is -2.13. The van der Waals surface area contributed by atoms with Crippen LogP contribution in [0.2, 0.25) is 0 Å². The van der Waals surface area contributed by atoms with E-state index in [0.29, 0.717) is 12.4 Å². The van der Waals surface area contributed by atoms with Gasteiger partial charge in [-0.3, -0.25) is 14.5 Å². The number of nitrogens with one attached hydrogen (secondary N) is 1. The molecule has 0 atom stereocenters. The van der Waals surface area contributed by atoms with Crippen molar-refractivity contribution in [3.63, 3.8) is 0 Å². The zero-order valence-corrected chi connectivity index (χ0v) is 9.31. The Hall–Kier alpha value is -1.84. The normalized spacial score (nSPS) is 10.6. The van der Waals surface area contributed by atoms with Gasteiger partial charge in [-0.25, -0.2) is 4.98 Å². The summed E-state index contributed by atoms with van der Waals surface area (Å²) in [6.45, 7) is 2.07. The summed E-state index contributed by atoms with van der Waals surface area (Å²) in [5.41, 5.74) is 0.980. The van der Waals surface area contributed by atoms with E-state index in [1.54, 1.807) is 6.20 Å². The summed E-state index contributed by atoms with van der Waals surface area (Å²) in [5.74, 6) is 0.620. The summed E-state index contributed by atoms with van der Waals surface area (Å²) in [4.78, 5) is 15.7. The molecule has 0 spiro atoms. The molecule has 2 heterocycles. The van der Waals surface area contributed by atoms with Crippen LogP contribution < -0.4 is 5.32 Å². The van der Waals surface area contributed by atoms with Crippen molar-refractivity contribution in [3.8, 4) is 0 Å². The zero-order valence-electron chi connectivity index (χ0n) is 9.31. The fraction of sp³-hybridized carbons (Fsp3) is 0.333. The number of pyridine rings is 1. The number of amides is 1. The fourth-order valence-electron chi connectivity index (χ4n) is 1.56. The van der Waals surface area contributed by atoms with E-state index in [2.05, 4.69) is 17.2 Å². The third-order valence-corrected chi connectivity index (χ3v) is 2.45. The molecular weight excluding hydrogens is 202 g/mol. The minimum absolute atomic E-state index is 0.0261. The largest absolute Gasteiger partial charge is 0.296 e. The third kappa shape index (κ3) is 2.21. The number of imidazole rings is 1. The maximum atomic E-state index is 11.5. The van der Waals surface area contributed by atoms with Crippen LogP contribution in [0.25, 0.3) is 5.52 Å². The van der Waals surface area contributed by atoms with Crippen LogP contribution in [0.5, 0.6) is 0 Å². The maximum Gasteiger partial charge on any atom is 0.226 e. The van der Waals surface area contributed by atoms with E-state index in [9.17, 15) is 4.79 Å². The highest BCUT2D eigenvalue weighted by Crippen LogP contribution is 2.10. The minimum Gasteiger partial charge on any atom is -0.296 e. The molecule has 0 aliphatic heterocycles. The van der Waals surface area contributed by atoms with Gasteiger partial charge in [0.1, 0.15) is 0 Å². The van der Waals surface area contributed by atoms with Crippen molar-refractivity contribution in [1.82, 2.24) is 9.38 Å². The molecule has 0 unspecified atom stereocenters. The molecule has 0 aromatic carbocycles. The quantitative estimate of drug-likeness (QED) is 0.855. The Balaban J connectivity index is 2.12. The van der Waals surface area contributed by atoms with Crippen LogP contribution in [-0.2, 0) is 4.79 Å². The van der Waals surface area contributed by atoms with E-state index in [0.717, 1.165) is 18.4 Å². The first-order chi connectivity index (χ1) is 7.81. The predicted molar refractivity (Wildman–Crippen MR) is 63.3 cm³/mol. The Morgan fingerprint density at radius 1 is 1.50 bits per heavy atom. The van der Waals surface area contributed by atoms with E-state index < -0.39 is 0 Å². The second-order valence-electron chi connectivity index (χ2n) is 3.73. The molecule has 84 valence electrons. The number of hydrogen-bond acceptors (Lipinski definition) is 2. The van der Waals surface area contributed by atoms with Gasteiger partial charge in [0.25, 0.3) is 0 Å². The minimum atomic E-state index is 0.0261. The van der Waals surface area contributed by atoms with Crippen molar-refractivity contribution in [2.24, 2.45) is 0 Å². The monoisotopic (exact) mass is 217 g/mol. The summed E-state index contributed by atoms with van der Waals surface area (Å²) in [6.07, 6.45) is 6.12. The molecule has 0 aliphatic rings. The molecule has 0 saturated heterocycles. The highest BCUT2D eigenvalue weighted by molar-refractivity contribution is 5.89. The van der Waals surface area contributed by atoms with Crippen molar-refractivity contribution in [1.29, 1.82) is 0 Å². The zero-order chi connectivity index (χ0) is 11.4. The van der Waals surface area contributed by atoms with E-state index in [1.807, 2.05) is 28.8 Å². The summed E-state index contributed by atoms with van der Waals surface area (Å²) in [6, 6.07) is 5.81. The number of nitrogens with zero attached hydrogens (tertiary/aromatic N) is 2. The molecule has 16 heavy (non-hydrogen) atoms. The van der Waals surface area contributed by atoms with E-state index in [4.69, 9.17) is 0 Å². The second-order valence-corrected chi connectivity index (χ2v) is 3.73. The van der Waals surface area contributed by atoms with Crippen LogP contribution in [0.3, 0.4) is 0 Å². The second kappa shape index (κ2) is 4.79. The van der Waals surface area contributed by atoms with Crippen LogP contribution in [0.4, 0.5) is 5.95 Å². The number of anilines is 1. The number of aromatic nitrogens is 2. The number of hydrogen-bond donors (Lipinski definition) is 1. The summed E-state index contributed by atoms with van der Waals surface area (Å²) in [5, 5.41) is 2.81. The Kier molecular flexibility index (Phi) is 3.19. The highest BCUT2D eigenvalue weighted by Gasteiger charge is 2.06. The van der Waals surface area contributed by atoms with E-state index >= 15 is 0 Å². The van der Waals surface area contributed by atoms with Crippen molar-refractivity contribution in [3.05, 3.63) is 30.6 Å². The number of carbonyl (C=O) groups is 1. The lowest BCUT2D eigenvalue weighted by atomic mass is 10.2. The predicted octanol–water partition coefficient (Wildman–Crippen LogP) is 2.46. The average Bonchev–Trinajstić information content (AvgIpc) is 2.70. The van der Waals surface area contributed by atoms with Gasteiger partial charge in [0.05, 0.1) is 11.7 Å². The standard InChI is InChI=1S/C12H15N3O/c1-2-3-7-11(16)14-12-13-9-10-6-4-5-8-15(10)12/h4-6,8-9H,2-3,7H2,1H3,(H,13,14,16). The fourth-order valence-corrected chi connectivity index (χ4v) is 1.56. The van der Waals surface area contributed by atoms with Crippen molar-refractivity contribution >= 4 is 17.4 Å². The van der Waals surface area contributed by atoms with Crippen molar-refractivity contribution in [2.45, 2.75) is 26.2 Å². The molecule has 0 saturated carbocycles. The van der Waals surface area contributed by atoms with Crippen LogP contribution >= 0.6 is 0 Å². The third-order valence-electron chi connectivity index (χ3n) is 2.45. The summed E-state index contributed by atoms with van der Waals surface area (Å²) >= 11 is 0. The number of fused-ring (bicyclic) bond motifs is 1. The molecule has 1 amide bonds. The smallest absolute Gasteiger partial charge is 0.226 e. The Morgan fingerprint density at radius 3 is 3.19 bits per heavy atom. The van der Waals surface area contributed by atoms with Gasteiger partial charge in [0, 0.05) is 12.6 Å². The van der Waals surface area contributed by atoms with Gasteiger partial charge >= 0.3 is 0 Å². The van der Waals surface area contributed by atoms with Gasteiger partial charge in [-0.05, 0) is 18.6 Å². The van der Waals surface area contributed by atoms with Gasteiger partial charge in [-0.2, -0.15) is 0 Å². The van der Waals surface area contributed by atoms with Crippen LogP contribution in [0, 0.1) is 0 Å². The molecule has 4 nitrogen and oxygen atoms in total. The Bertz CT molecular complexity index is 490. The lowest BCUT2D eigenvalue weighted by molar-refractivity contribution is -0.116. The van der Waals surface area contributed by atoms with Crippen molar-refractivity contribution in [2.75, 3.05) is 5.32 Å². The highest BCUT2D eigenvalue weighted by atomic mass is 16.1. The molecule has 0 aliphatic carbocycles. The number of rotatable bonds is 4. The van der Waals surface area contributed by atoms with Gasteiger partial charge in [0.2, 0.25) is 11.9 Å². The maximum absolute atomic E-state index is 11.5. The molecule has 4 heteroatoms. The number of unbranched alkanes of at least 4 members (excludes halogenated alkanes) is 1. The molecule has 2 aromatic rings. The molecule has 2 aromatic heterocycles. The first-order valence-corrected chi connectivity index (χ1v) is 5.53. The molecule has 1 N–H and O–H groups in total. The molecular formula is C12H15N3O. The van der Waals surface area contributed by atoms with Crippen LogP contribution in [0.1, 0.15) is 26.2 Å². The molecule has 0 radical (unpaired) electrons. The van der Waals surface area contributed by atoms with Crippen molar-refractivity contribution < 1.29 is 4.79 Å². The van der Waals surface area contributed by atoms with Crippen LogP contribution in [0.15, 0.2) is 30.6 Å². The average molecular weight is 217 g/mol. The molecule has 0 fully saturated rings. The first kappa shape index (κ1) is 10.7.